The molecule has 3 aromatic rings. The highest BCUT2D eigenvalue weighted by atomic mass is 32.2. The second-order valence-corrected chi connectivity index (χ2v) is 13.2. The van der Waals surface area contributed by atoms with Gasteiger partial charge in [0.15, 0.2) is 5.96 Å². The number of aliphatic hydroxyl groups excluding tert-OH is 2. The molecule has 0 spiro atoms. The number of hydrogen-bond acceptors (Lipinski definition) is 7. The SMILES string of the molecule is NC(N)=N[C@]1(CCCO)Oc2ccc(cc2)CC[C@@H](S(=O)(=O)O)[C@H]2C=C([C@@H](O)c3ccc(O)cc3)CC[C@@H]2c2ccc1cc2. The summed E-state index contributed by atoms with van der Waals surface area (Å²) in [6.07, 6.45) is 3.05. The van der Waals surface area contributed by atoms with Crippen molar-refractivity contribution < 1.29 is 33.0 Å². The molecular weight excluding hydrogens is 582 g/mol. The Hall–Kier alpha value is -3.90. The summed E-state index contributed by atoms with van der Waals surface area (Å²) in [6.45, 7) is -0.0897. The molecule has 0 aromatic heterocycles. The van der Waals surface area contributed by atoms with Crippen molar-refractivity contribution in [3.63, 3.8) is 0 Å². The molecule has 11 heteroatoms. The maximum absolute atomic E-state index is 13.0. The van der Waals surface area contributed by atoms with Gasteiger partial charge in [-0.15, -0.1) is 0 Å². The number of phenols is 1. The number of allylic oxidation sites excluding steroid dienone is 1. The molecule has 10 nitrogen and oxygen atoms in total. The van der Waals surface area contributed by atoms with Crippen LogP contribution in [-0.4, -0.2) is 46.1 Å². The normalized spacial score (nSPS) is 24.2. The molecule has 5 aliphatic rings. The molecular formula is C33H39N3O7S. The van der Waals surface area contributed by atoms with Gasteiger partial charge >= 0.3 is 0 Å². The molecule has 5 atom stereocenters. The number of hydrogen-bond donors (Lipinski definition) is 6. The van der Waals surface area contributed by atoms with E-state index in [-0.39, 0.29) is 30.7 Å². The van der Waals surface area contributed by atoms with E-state index in [4.69, 9.17) is 16.2 Å². The third-order valence-corrected chi connectivity index (χ3v) is 10.0. The van der Waals surface area contributed by atoms with Crippen LogP contribution < -0.4 is 16.2 Å². The van der Waals surface area contributed by atoms with Crippen LogP contribution in [0.5, 0.6) is 11.5 Å². The fourth-order valence-corrected chi connectivity index (χ4v) is 7.58. The number of guanidine groups is 1. The van der Waals surface area contributed by atoms with Crippen LogP contribution in [0.1, 0.15) is 66.4 Å². The lowest BCUT2D eigenvalue weighted by atomic mass is 9.72. The minimum atomic E-state index is -4.49. The van der Waals surface area contributed by atoms with Crippen molar-refractivity contribution in [1.82, 2.24) is 0 Å². The van der Waals surface area contributed by atoms with Gasteiger partial charge in [-0.3, -0.25) is 4.55 Å². The number of aromatic hydroxyl groups is 1. The molecule has 0 fully saturated rings. The van der Waals surface area contributed by atoms with Gasteiger partial charge in [0.1, 0.15) is 17.6 Å². The topological polar surface area (TPSA) is 189 Å². The summed E-state index contributed by atoms with van der Waals surface area (Å²) < 4.78 is 43.0. The van der Waals surface area contributed by atoms with Crippen LogP contribution >= 0.6 is 0 Å². The summed E-state index contributed by atoms with van der Waals surface area (Å²) in [7, 11) is -4.49. The maximum Gasteiger partial charge on any atom is 0.268 e. The number of aliphatic imine (C=N–C) groups is 1. The van der Waals surface area contributed by atoms with E-state index in [2.05, 4.69) is 4.99 Å². The van der Waals surface area contributed by atoms with Gasteiger partial charge in [-0.25, -0.2) is 4.99 Å². The number of rotatable bonds is 7. The van der Waals surface area contributed by atoms with Crippen LogP contribution in [0.25, 0.3) is 0 Å². The minimum Gasteiger partial charge on any atom is -0.508 e. The molecule has 0 saturated carbocycles. The molecule has 8 N–H and O–H groups in total. The first kappa shape index (κ1) is 31.5. The fourth-order valence-electron chi connectivity index (χ4n) is 6.50. The van der Waals surface area contributed by atoms with Crippen molar-refractivity contribution in [2.24, 2.45) is 22.4 Å². The van der Waals surface area contributed by atoms with Gasteiger partial charge in [0, 0.05) is 24.5 Å². The average molecular weight is 622 g/mol. The van der Waals surface area contributed by atoms with Gasteiger partial charge in [-0.2, -0.15) is 8.42 Å². The number of nitrogens with two attached hydrogens (primary N) is 2. The Balaban J connectivity index is 1.64. The van der Waals surface area contributed by atoms with E-state index in [0.29, 0.717) is 54.6 Å². The lowest BCUT2D eigenvalue weighted by Crippen LogP contribution is -2.37. The number of aryl methyl sites for hydroxylation is 1. The first-order valence-corrected chi connectivity index (χ1v) is 16.2. The molecule has 44 heavy (non-hydrogen) atoms. The van der Waals surface area contributed by atoms with Crippen molar-refractivity contribution in [1.29, 1.82) is 0 Å². The Morgan fingerprint density at radius 1 is 0.977 bits per heavy atom. The molecule has 0 amide bonds. The van der Waals surface area contributed by atoms with Gasteiger partial charge in [-0.05, 0) is 84.6 Å². The van der Waals surface area contributed by atoms with Gasteiger partial charge in [-0.1, -0.05) is 54.6 Å². The lowest BCUT2D eigenvalue weighted by Gasteiger charge is -2.36. The van der Waals surface area contributed by atoms with Crippen LogP contribution in [-0.2, 0) is 22.3 Å². The fraction of sp³-hybridized carbons (Fsp3) is 0.364. The predicted octanol–water partition coefficient (Wildman–Crippen LogP) is 4.03. The molecule has 8 rings (SSSR count). The average Bonchev–Trinajstić information content (AvgIpc) is 3.00. The lowest BCUT2D eigenvalue weighted by molar-refractivity contribution is 0.0576. The summed E-state index contributed by atoms with van der Waals surface area (Å²) >= 11 is 0. The largest absolute Gasteiger partial charge is 0.508 e. The van der Waals surface area contributed by atoms with Crippen LogP contribution in [0.4, 0.5) is 0 Å². The third kappa shape index (κ3) is 6.91. The number of ether oxygens (including phenoxy) is 1. The second kappa shape index (κ2) is 13.0. The quantitative estimate of drug-likeness (QED) is 0.0979. The molecule has 3 aromatic carbocycles. The number of phenolic OH excluding ortho intramolecular Hbond substituents is 1. The van der Waals surface area contributed by atoms with Crippen molar-refractivity contribution in [3.8, 4) is 11.5 Å². The zero-order valence-corrected chi connectivity index (χ0v) is 25.1. The molecule has 4 aliphatic heterocycles. The molecule has 4 heterocycles. The zero-order valence-electron chi connectivity index (χ0n) is 24.3. The van der Waals surface area contributed by atoms with Crippen molar-refractivity contribution in [2.75, 3.05) is 6.61 Å². The first-order valence-electron chi connectivity index (χ1n) is 14.7. The molecule has 0 unspecified atom stereocenters. The Morgan fingerprint density at radius 2 is 1.66 bits per heavy atom. The van der Waals surface area contributed by atoms with Gasteiger partial charge < -0.3 is 31.5 Å². The minimum absolute atomic E-state index is 0.0778. The Labute approximate surface area is 257 Å². The predicted molar refractivity (Wildman–Crippen MR) is 168 cm³/mol. The maximum atomic E-state index is 13.0. The molecule has 0 saturated heterocycles. The third-order valence-electron chi connectivity index (χ3n) is 8.69. The summed E-state index contributed by atoms with van der Waals surface area (Å²) in [5.74, 6) is -0.520. The Bertz CT molecular complexity index is 1600. The van der Waals surface area contributed by atoms with E-state index in [9.17, 15) is 28.3 Å². The highest BCUT2D eigenvalue weighted by molar-refractivity contribution is 7.86. The molecule has 4 bridgehead atoms. The van der Waals surface area contributed by atoms with Crippen LogP contribution in [0.15, 0.2) is 89.4 Å². The zero-order chi connectivity index (χ0) is 31.5. The van der Waals surface area contributed by atoms with E-state index < -0.39 is 33.1 Å². The van der Waals surface area contributed by atoms with E-state index in [0.717, 1.165) is 11.1 Å². The van der Waals surface area contributed by atoms with Gasteiger partial charge in [0.05, 0.1) is 5.25 Å². The van der Waals surface area contributed by atoms with Gasteiger partial charge in [0.25, 0.3) is 10.1 Å². The van der Waals surface area contributed by atoms with E-state index >= 15 is 0 Å². The van der Waals surface area contributed by atoms with Crippen molar-refractivity contribution in [3.05, 3.63) is 107 Å². The van der Waals surface area contributed by atoms with Crippen LogP contribution in [0.2, 0.25) is 0 Å². The van der Waals surface area contributed by atoms with E-state index in [1.165, 1.54) is 12.1 Å². The standard InChI is InChI=1S/C33H39N3O7S/c34-32(35)36-33(18-1-19-37)25-10-5-22(6-11-25)28-16-9-24(31(39)23-7-12-26(38)13-8-23)20-29(28)30(44(40,41)42)17-4-21-2-14-27(43-33)15-3-21/h2-3,5-8,10-15,20,28-31,37-39H,1,4,9,16-19H2,(H4,34,35,36)(H,40,41,42)/t28-,29+,30-,31+,33-/m1/s1. The van der Waals surface area contributed by atoms with Crippen molar-refractivity contribution in [2.45, 2.75) is 61.5 Å². The van der Waals surface area contributed by atoms with Gasteiger partial charge in [0.2, 0.25) is 5.72 Å². The molecule has 0 radical (unpaired) electrons. The Morgan fingerprint density at radius 3 is 2.27 bits per heavy atom. The van der Waals surface area contributed by atoms with Crippen LogP contribution in [0, 0.1) is 5.92 Å². The summed E-state index contributed by atoms with van der Waals surface area (Å²) in [4.78, 5) is 4.51. The van der Waals surface area contributed by atoms with Crippen LogP contribution in [0.3, 0.4) is 0 Å². The number of nitrogens with zero attached hydrogens (tertiary/aromatic N) is 1. The number of aliphatic hydroxyl groups is 2. The summed E-state index contributed by atoms with van der Waals surface area (Å²) in [6, 6.07) is 20.9. The second-order valence-electron chi connectivity index (χ2n) is 11.6. The Kier molecular flexibility index (Phi) is 9.31. The summed E-state index contributed by atoms with van der Waals surface area (Å²) in [5, 5.41) is 29.5. The van der Waals surface area contributed by atoms with Crippen molar-refractivity contribution >= 4 is 16.1 Å². The highest BCUT2D eigenvalue weighted by Crippen LogP contribution is 2.45. The monoisotopic (exact) mass is 621 g/mol. The van der Waals surface area contributed by atoms with E-state index in [1.807, 2.05) is 42.5 Å². The van der Waals surface area contributed by atoms with E-state index in [1.54, 1.807) is 24.3 Å². The highest BCUT2D eigenvalue weighted by Gasteiger charge is 2.40. The molecule has 1 aliphatic carbocycles. The summed E-state index contributed by atoms with van der Waals surface area (Å²) in [5.41, 5.74) is 14.0. The molecule has 234 valence electrons. The number of benzene rings is 3. The first-order chi connectivity index (χ1) is 21.0. The smallest absolute Gasteiger partial charge is 0.268 e.